The summed E-state index contributed by atoms with van der Waals surface area (Å²) < 4.78 is 0. The van der Waals surface area contributed by atoms with Crippen LogP contribution in [0, 0.1) is 0 Å². The number of hydrogen-bond acceptors (Lipinski definition) is 5. The van der Waals surface area contributed by atoms with Gasteiger partial charge in [0.25, 0.3) is 5.56 Å². The van der Waals surface area contributed by atoms with Gasteiger partial charge < -0.3 is 15.1 Å². The van der Waals surface area contributed by atoms with Crippen molar-refractivity contribution in [1.29, 1.82) is 0 Å². The Bertz CT molecular complexity index is 1110. The molecular weight excluding hydrogens is 390 g/mol. The smallest absolute Gasteiger partial charge is 0.272 e. The highest BCUT2D eigenvalue weighted by molar-refractivity contribution is 6.29. The molecule has 2 aromatic carbocycles. The fourth-order valence-corrected chi connectivity index (χ4v) is 3.69. The van der Waals surface area contributed by atoms with Gasteiger partial charge >= 0.3 is 0 Å². The first kappa shape index (κ1) is 19.4. The van der Waals surface area contributed by atoms with Gasteiger partial charge in [-0.3, -0.25) is 9.59 Å². The summed E-state index contributed by atoms with van der Waals surface area (Å²) in [6, 6.07) is 13.2. The minimum atomic E-state index is -0.265. The quantitative estimate of drug-likeness (QED) is 0.645. The number of hydrogen-bond donors (Lipinski definition) is 2. The maximum absolute atomic E-state index is 12.1. The van der Waals surface area contributed by atoms with Gasteiger partial charge in [-0.2, -0.15) is 5.10 Å². The van der Waals surface area contributed by atoms with Crippen molar-refractivity contribution < 1.29 is 4.79 Å². The van der Waals surface area contributed by atoms with Crippen LogP contribution in [-0.2, 0) is 4.79 Å². The van der Waals surface area contributed by atoms with Crippen molar-refractivity contribution >= 4 is 39.7 Å². The number of piperazine rings is 1. The van der Waals surface area contributed by atoms with Crippen molar-refractivity contribution in [2.75, 3.05) is 49.3 Å². The lowest BCUT2D eigenvalue weighted by molar-refractivity contribution is -0.113. The minimum Gasteiger partial charge on any atom is -0.367 e. The lowest BCUT2D eigenvalue weighted by Crippen LogP contribution is -2.44. The molecule has 0 aliphatic carbocycles. The molecule has 8 heteroatoms. The van der Waals surface area contributed by atoms with Crippen LogP contribution in [0.3, 0.4) is 0 Å². The second-order valence-electron chi connectivity index (χ2n) is 7.15. The Morgan fingerprint density at radius 2 is 1.86 bits per heavy atom. The molecule has 1 amide bonds. The van der Waals surface area contributed by atoms with E-state index in [4.69, 9.17) is 11.6 Å². The lowest BCUT2D eigenvalue weighted by atomic mass is 10.0. The number of nitrogens with zero attached hydrogens (tertiary/aromatic N) is 3. The van der Waals surface area contributed by atoms with Gasteiger partial charge in [0.1, 0.15) is 5.88 Å². The van der Waals surface area contributed by atoms with Crippen LogP contribution >= 0.6 is 11.6 Å². The van der Waals surface area contributed by atoms with Crippen LogP contribution in [0.2, 0.25) is 0 Å². The van der Waals surface area contributed by atoms with Crippen LogP contribution in [0.1, 0.15) is 0 Å². The van der Waals surface area contributed by atoms with E-state index in [0.717, 1.165) is 42.8 Å². The van der Waals surface area contributed by atoms with Crippen molar-refractivity contribution in [3.8, 4) is 11.3 Å². The topological polar surface area (TPSA) is 81.3 Å². The summed E-state index contributed by atoms with van der Waals surface area (Å²) in [4.78, 5) is 28.7. The monoisotopic (exact) mass is 411 g/mol. The standard InChI is InChI=1S/C21H22ClN5O2/c1-26-8-10-27(11-9-26)18-7-6-14(12-17(18)23-19(28)13-22)20-15-4-2-3-5-16(15)21(29)25-24-20/h2-7,12H,8-11,13H2,1H3,(H,23,28)(H,25,29). The van der Waals surface area contributed by atoms with Gasteiger partial charge in [0.15, 0.2) is 0 Å². The normalized spacial score (nSPS) is 14.9. The summed E-state index contributed by atoms with van der Waals surface area (Å²) in [6.07, 6.45) is 0. The highest BCUT2D eigenvalue weighted by Gasteiger charge is 2.19. The Balaban J connectivity index is 1.80. The van der Waals surface area contributed by atoms with Crippen molar-refractivity contribution in [2.24, 2.45) is 0 Å². The molecule has 150 valence electrons. The zero-order valence-corrected chi connectivity index (χ0v) is 16.9. The van der Waals surface area contributed by atoms with Gasteiger partial charge in [0, 0.05) is 37.1 Å². The highest BCUT2D eigenvalue weighted by Crippen LogP contribution is 2.33. The highest BCUT2D eigenvalue weighted by atomic mass is 35.5. The lowest BCUT2D eigenvalue weighted by Gasteiger charge is -2.35. The number of amides is 1. The third kappa shape index (κ3) is 3.97. The van der Waals surface area contributed by atoms with Crippen LogP contribution in [-0.4, -0.2) is 60.1 Å². The first-order chi connectivity index (χ1) is 14.1. The summed E-state index contributed by atoms with van der Waals surface area (Å²) in [6.45, 7) is 3.66. The maximum Gasteiger partial charge on any atom is 0.272 e. The van der Waals surface area contributed by atoms with Crippen molar-refractivity contribution in [1.82, 2.24) is 15.1 Å². The molecule has 0 radical (unpaired) electrons. The second kappa shape index (κ2) is 8.23. The molecule has 0 unspecified atom stereocenters. The van der Waals surface area contributed by atoms with E-state index < -0.39 is 0 Å². The molecule has 29 heavy (non-hydrogen) atoms. The fraction of sp³-hybridized carbons (Fsp3) is 0.286. The van der Waals surface area contributed by atoms with Gasteiger partial charge in [-0.25, -0.2) is 5.10 Å². The molecule has 1 aliphatic rings. The van der Waals surface area contributed by atoms with Crippen molar-refractivity contribution in [3.63, 3.8) is 0 Å². The number of carbonyl (C=O) groups is 1. The molecule has 0 saturated carbocycles. The Hall–Kier alpha value is -2.90. The van der Waals surface area contributed by atoms with E-state index >= 15 is 0 Å². The predicted octanol–water partition coefficient (Wildman–Crippen LogP) is 2.52. The average molecular weight is 412 g/mol. The first-order valence-electron chi connectivity index (χ1n) is 9.48. The molecule has 0 spiro atoms. The number of halogens is 1. The molecule has 7 nitrogen and oxygen atoms in total. The predicted molar refractivity (Wildman–Crippen MR) is 117 cm³/mol. The van der Waals surface area contributed by atoms with Gasteiger partial charge in [-0.15, -0.1) is 11.6 Å². The number of benzene rings is 2. The Morgan fingerprint density at radius 3 is 2.59 bits per heavy atom. The average Bonchev–Trinajstić information content (AvgIpc) is 2.75. The Kier molecular flexibility index (Phi) is 5.51. The maximum atomic E-state index is 12.1. The minimum absolute atomic E-state index is 0.119. The summed E-state index contributed by atoms with van der Waals surface area (Å²) in [5.41, 5.74) is 2.88. The molecule has 0 atom stereocenters. The second-order valence-corrected chi connectivity index (χ2v) is 7.42. The number of alkyl halides is 1. The van der Waals surface area contributed by atoms with Crippen LogP contribution in [0.4, 0.5) is 11.4 Å². The summed E-state index contributed by atoms with van der Waals surface area (Å²) in [5, 5.41) is 11.1. The van der Waals surface area contributed by atoms with Gasteiger partial charge in [-0.1, -0.05) is 24.3 Å². The van der Waals surface area contributed by atoms with Crippen LogP contribution in [0.25, 0.3) is 22.0 Å². The Morgan fingerprint density at radius 1 is 1.14 bits per heavy atom. The number of aromatic nitrogens is 2. The molecule has 0 bridgehead atoms. The van der Waals surface area contributed by atoms with Crippen LogP contribution in [0.5, 0.6) is 0 Å². The number of aromatic amines is 1. The third-order valence-corrected chi connectivity index (χ3v) is 5.45. The molecule has 2 N–H and O–H groups in total. The largest absolute Gasteiger partial charge is 0.367 e. The molecule has 1 aromatic heterocycles. The summed E-state index contributed by atoms with van der Waals surface area (Å²) in [5.74, 6) is -0.384. The number of carbonyl (C=O) groups excluding carboxylic acids is 1. The van der Waals surface area contributed by atoms with E-state index in [-0.39, 0.29) is 17.3 Å². The van der Waals surface area contributed by atoms with Crippen molar-refractivity contribution in [2.45, 2.75) is 0 Å². The van der Waals surface area contributed by atoms with E-state index in [1.807, 2.05) is 36.4 Å². The van der Waals surface area contributed by atoms with Gasteiger partial charge in [0.2, 0.25) is 5.91 Å². The van der Waals surface area contributed by atoms with E-state index in [0.29, 0.717) is 16.8 Å². The number of rotatable bonds is 4. The van der Waals surface area contributed by atoms with Gasteiger partial charge in [-0.05, 0) is 25.2 Å². The number of anilines is 2. The van der Waals surface area contributed by atoms with E-state index in [2.05, 4.69) is 32.4 Å². The molecule has 1 aliphatic heterocycles. The third-order valence-electron chi connectivity index (χ3n) is 5.21. The molecule has 3 aromatic rings. The number of H-pyrrole nitrogens is 1. The molecule has 1 saturated heterocycles. The number of nitrogens with one attached hydrogen (secondary N) is 2. The number of likely N-dealkylation sites (N-methyl/N-ethyl adjacent to an activating group) is 1. The zero-order chi connectivity index (χ0) is 20.4. The van der Waals surface area contributed by atoms with E-state index in [9.17, 15) is 9.59 Å². The molecular formula is C21H22ClN5O2. The zero-order valence-electron chi connectivity index (χ0n) is 16.1. The van der Waals surface area contributed by atoms with Crippen molar-refractivity contribution in [3.05, 3.63) is 52.8 Å². The van der Waals surface area contributed by atoms with Crippen LogP contribution < -0.4 is 15.8 Å². The van der Waals surface area contributed by atoms with E-state index in [1.54, 1.807) is 6.07 Å². The fourth-order valence-electron chi connectivity index (χ4n) is 3.62. The molecule has 4 rings (SSSR count). The Labute approximate surface area is 173 Å². The van der Waals surface area contributed by atoms with E-state index in [1.165, 1.54) is 0 Å². The summed E-state index contributed by atoms with van der Waals surface area (Å²) in [7, 11) is 2.10. The SMILES string of the molecule is CN1CCN(c2ccc(-c3n[nH]c(=O)c4ccccc34)cc2NC(=O)CCl)CC1. The molecule has 2 heterocycles. The summed E-state index contributed by atoms with van der Waals surface area (Å²) >= 11 is 5.73. The molecule has 1 fully saturated rings. The van der Waals surface area contributed by atoms with Gasteiger partial charge in [0.05, 0.1) is 22.5 Å². The van der Waals surface area contributed by atoms with Crippen LogP contribution in [0.15, 0.2) is 47.3 Å². The first-order valence-corrected chi connectivity index (χ1v) is 10.0. The number of fused-ring (bicyclic) bond motifs is 1.